The van der Waals surface area contributed by atoms with Crippen LogP contribution in [0.1, 0.15) is 45.5 Å². The van der Waals surface area contributed by atoms with Crippen LogP contribution in [0.15, 0.2) is 29.1 Å². The first-order chi connectivity index (χ1) is 13.4. The summed E-state index contributed by atoms with van der Waals surface area (Å²) >= 11 is 0. The third kappa shape index (κ3) is 5.10. The number of urea groups is 1. The van der Waals surface area contributed by atoms with Crippen molar-refractivity contribution < 1.29 is 4.79 Å². The third-order valence-electron chi connectivity index (χ3n) is 4.90. The van der Waals surface area contributed by atoms with Gasteiger partial charge in [0.05, 0.1) is 16.9 Å². The molecule has 0 aliphatic heterocycles. The number of nitrogens with one attached hydrogen (secondary N) is 1. The zero-order chi connectivity index (χ0) is 20.7. The van der Waals surface area contributed by atoms with Gasteiger partial charge in [-0.15, -0.1) is 0 Å². The predicted molar refractivity (Wildman–Crippen MR) is 114 cm³/mol. The van der Waals surface area contributed by atoms with E-state index >= 15 is 0 Å². The molecule has 0 saturated carbocycles. The summed E-state index contributed by atoms with van der Waals surface area (Å²) in [6.07, 6.45) is 1.96. The molecule has 1 aromatic carbocycles. The minimum Gasteiger partial charge on any atom is -0.338 e. The summed E-state index contributed by atoms with van der Waals surface area (Å²) in [5.74, 6) is 0.621. The third-order valence-corrected chi connectivity index (χ3v) is 4.90. The lowest BCUT2D eigenvalue weighted by molar-refractivity contribution is 0.167. The van der Waals surface area contributed by atoms with Gasteiger partial charge in [0, 0.05) is 26.2 Å². The molecule has 1 N–H and O–H groups in total. The molecule has 7 nitrogen and oxygen atoms in total. The van der Waals surface area contributed by atoms with Crippen molar-refractivity contribution in [1.29, 1.82) is 0 Å². The Labute approximate surface area is 167 Å². The van der Waals surface area contributed by atoms with Crippen LogP contribution in [0, 0.1) is 0 Å². The van der Waals surface area contributed by atoms with Gasteiger partial charge in [-0.1, -0.05) is 25.5 Å². The van der Waals surface area contributed by atoms with Gasteiger partial charge in [-0.3, -0.25) is 9.36 Å². The Hall–Kier alpha value is -2.41. The molecule has 0 aliphatic rings. The highest BCUT2D eigenvalue weighted by Gasteiger charge is 2.25. The maximum atomic E-state index is 12.9. The number of amides is 2. The number of carbonyl (C=O) groups excluding carboxylic acids is 1. The van der Waals surface area contributed by atoms with Crippen molar-refractivity contribution in [2.45, 2.75) is 46.2 Å². The van der Waals surface area contributed by atoms with E-state index in [9.17, 15) is 9.59 Å². The predicted octanol–water partition coefficient (Wildman–Crippen LogP) is 2.85. The molecule has 1 aromatic heterocycles. The molecule has 0 spiro atoms. The molecule has 2 rings (SSSR count). The van der Waals surface area contributed by atoms with Gasteiger partial charge >= 0.3 is 6.03 Å². The molecule has 0 radical (unpaired) electrons. The molecular weight excluding hydrogens is 354 g/mol. The van der Waals surface area contributed by atoms with Gasteiger partial charge in [0.25, 0.3) is 5.56 Å². The molecule has 154 valence electrons. The molecule has 0 bridgehead atoms. The first kappa shape index (κ1) is 21.9. The van der Waals surface area contributed by atoms with Gasteiger partial charge in [-0.25, -0.2) is 9.78 Å². The standard InChI is InChI=1S/C21H33N5O2/c1-6-8-13-22-21(28)26(15-14-24(4)5)16(3)19-23-18-12-10-9-11-17(18)20(27)25(19)7-2/h9-12,16H,6-8,13-15H2,1-5H3,(H,22,28). The van der Waals surface area contributed by atoms with Crippen LogP contribution in [0.25, 0.3) is 10.9 Å². The molecular formula is C21H33N5O2. The van der Waals surface area contributed by atoms with Gasteiger partial charge in [0.15, 0.2) is 0 Å². The number of carbonyl (C=O) groups is 1. The van der Waals surface area contributed by atoms with Crippen LogP contribution in [0.3, 0.4) is 0 Å². The molecule has 7 heteroatoms. The van der Waals surface area contributed by atoms with Gasteiger partial charge in [0.1, 0.15) is 5.82 Å². The van der Waals surface area contributed by atoms with Crippen LogP contribution in [0.4, 0.5) is 4.79 Å². The maximum Gasteiger partial charge on any atom is 0.318 e. The van der Waals surface area contributed by atoms with E-state index in [1.807, 2.05) is 51.0 Å². The fraction of sp³-hybridized carbons (Fsp3) is 0.571. The highest BCUT2D eigenvalue weighted by Crippen LogP contribution is 2.20. The molecule has 28 heavy (non-hydrogen) atoms. The summed E-state index contributed by atoms with van der Waals surface area (Å²) in [6.45, 7) is 8.41. The number of hydrogen-bond acceptors (Lipinski definition) is 4. The lowest BCUT2D eigenvalue weighted by Gasteiger charge is -2.31. The van der Waals surface area contributed by atoms with Crippen molar-refractivity contribution in [3.8, 4) is 0 Å². The molecule has 1 unspecified atom stereocenters. The van der Waals surface area contributed by atoms with E-state index in [4.69, 9.17) is 4.98 Å². The lowest BCUT2D eigenvalue weighted by atomic mass is 10.2. The van der Waals surface area contributed by atoms with Crippen LogP contribution in [0.5, 0.6) is 0 Å². The van der Waals surface area contributed by atoms with E-state index in [2.05, 4.69) is 12.2 Å². The number of rotatable bonds is 9. The quantitative estimate of drug-likeness (QED) is 0.672. The Morgan fingerprint density at radius 3 is 2.57 bits per heavy atom. The Morgan fingerprint density at radius 2 is 1.93 bits per heavy atom. The minimum atomic E-state index is -0.321. The largest absolute Gasteiger partial charge is 0.338 e. The summed E-state index contributed by atoms with van der Waals surface area (Å²) in [5, 5.41) is 3.60. The summed E-state index contributed by atoms with van der Waals surface area (Å²) in [7, 11) is 3.96. The topological polar surface area (TPSA) is 70.5 Å². The first-order valence-electron chi connectivity index (χ1n) is 10.1. The monoisotopic (exact) mass is 387 g/mol. The van der Waals surface area contributed by atoms with E-state index in [-0.39, 0.29) is 17.6 Å². The second kappa shape index (κ2) is 10.2. The Bertz CT molecular complexity index is 846. The highest BCUT2D eigenvalue weighted by molar-refractivity contribution is 5.78. The van der Waals surface area contributed by atoms with Gasteiger partial charge in [0.2, 0.25) is 0 Å². The summed E-state index contributed by atoms with van der Waals surface area (Å²) in [6, 6.07) is 6.93. The van der Waals surface area contributed by atoms with Crippen molar-refractivity contribution in [2.24, 2.45) is 0 Å². The average molecular weight is 388 g/mol. The fourth-order valence-corrected chi connectivity index (χ4v) is 3.20. The Kier molecular flexibility index (Phi) is 7.99. The van der Waals surface area contributed by atoms with E-state index in [0.29, 0.717) is 36.4 Å². The van der Waals surface area contributed by atoms with Crippen molar-refractivity contribution in [1.82, 2.24) is 24.7 Å². The zero-order valence-corrected chi connectivity index (χ0v) is 17.7. The Balaban J connectivity index is 2.42. The van der Waals surface area contributed by atoms with Crippen molar-refractivity contribution in [3.63, 3.8) is 0 Å². The number of hydrogen-bond donors (Lipinski definition) is 1. The molecule has 0 fully saturated rings. The second-order valence-electron chi connectivity index (χ2n) is 7.29. The normalized spacial score (nSPS) is 12.4. The zero-order valence-electron chi connectivity index (χ0n) is 17.7. The molecule has 2 aromatic rings. The van der Waals surface area contributed by atoms with E-state index in [0.717, 1.165) is 19.4 Å². The molecule has 1 atom stereocenters. The molecule has 1 heterocycles. The van der Waals surface area contributed by atoms with E-state index < -0.39 is 0 Å². The van der Waals surface area contributed by atoms with Gasteiger partial charge in [-0.2, -0.15) is 0 Å². The molecule has 2 amide bonds. The summed E-state index contributed by atoms with van der Waals surface area (Å²) < 4.78 is 1.68. The maximum absolute atomic E-state index is 12.9. The van der Waals surface area contributed by atoms with Gasteiger partial charge < -0.3 is 15.1 Å². The van der Waals surface area contributed by atoms with Crippen LogP contribution in [0.2, 0.25) is 0 Å². The van der Waals surface area contributed by atoms with Crippen LogP contribution in [-0.4, -0.2) is 59.1 Å². The first-order valence-corrected chi connectivity index (χ1v) is 10.1. The van der Waals surface area contributed by atoms with Crippen LogP contribution in [-0.2, 0) is 6.54 Å². The number of nitrogens with zero attached hydrogens (tertiary/aromatic N) is 4. The molecule has 0 aliphatic carbocycles. The number of fused-ring (bicyclic) bond motifs is 1. The summed E-state index contributed by atoms with van der Waals surface area (Å²) in [4.78, 5) is 34.4. The fourth-order valence-electron chi connectivity index (χ4n) is 3.20. The summed E-state index contributed by atoms with van der Waals surface area (Å²) in [5.41, 5.74) is 0.604. The van der Waals surface area contributed by atoms with E-state index in [1.165, 1.54) is 0 Å². The van der Waals surface area contributed by atoms with E-state index in [1.54, 1.807) is 15.5 Å². The number of aromatic nitrogens is 2. The Morgan fingerprint density at radius 1 is 1.21 bits per heavy atom. The highest BCUT2D eigenvalue weighted by atomic mass is 16.2. The average Bonchev–Trinajstić information content (AvgIpc) is 2.68. The van der Waals surface area contributed by atoms with Crippen LogP contribution < -0.4 is 10.9 Å². The van der Waals surface area contributed by atoms with Crippen molar-refractivity contribution in [3.05, 3.63) is 40.4 Å². The lowest BCUT2D eigenvalue weighted by Crippen LogP contribution is -2.46. The van der Waals surface area contributed by atoms with Crippen LogP contribution >= 0.6 is 0 Å². The second-order valence-corrected chi connectivity index (χ2v) is 7.29. The van der Waals surface area contributed by atoms with Gasteiger partial charge in [-0.05, 0) is 46.5 Å². The smallest absolute Gasteiger partial charge is 0.318 e. The molecule has 0 saturated heterocycles. The number of benzene rings is 1. The van der Waals surface area contributed by atoms with Crippen molar-refractivity contribution >= 4 is 16.9 Å². The minimum absolute atomic E-state index is 0.0612. The van der Waals surface area contributed by atoms with Crippen molar-refractivity contribution in [2.75, 3.05) is 33.7 Å². The number of para-hydroxylation sites is 1. The number of likely N-dealkylation sites (N-methyl/N-ethyl adjacent to an activating group) is 1. The number of unbranched alkanes of at least 4 members (excludes halogenated alkanes) is 1. The SMILES string of the molecule is CCCCNC(=O)N(CCN(C)C)C(C)c1nc2ccccc2c(=O)n1CC.